The third-order valence-electron chi connectivity index (χ3n) is 5.16. The van der Waals surface area contributed by atoms with Gasteiger partial charge in [-0.2, -0.15) is 0 Å². The molecule has 172 valence electrons. The second-order valence-corrected chi connectivity index (χ2v) is 7.48. The average Bonchev–Trinajstić information content (AvgIpc) is 2.83. The molecule has 32 heavy (non-hydrogen) atoms. The SMILES string of the molecule is CCCCCCCNC(=O)/C=C/c1c(/C=C/c2ccc(OC)cc2)cc(OC)cc1OC. The van der Waals surface area contributed by atoms with Gasteiger partial charge in [0.15, 0.2) is 0 Å². The first-order valence-electron chi connectivity index (χ1n) is 11.1. The Kier molecular flexibility index (Phi) is 10.9. The van der Waals surface area contributed by atoms with Crippen molar-refractivity contribution in [1.29, 1.82) is 0 Å². The monoisotopic (exact) mass is 437 g/mol. The molecule has 0 spiro atoms. The zero-order valence-corrected chi connectivity index (χ0v) is 19.6. The van der Waals surface area contributed by atoms with Crippen LogP contribution >= 0.6 is 0 Å². The smallest absolute Gasteiger partial charge is 0.244 e. The molecule has 5 heteroatoms. The van der Waals surface area contributed by atoms with Gasteiger partial charge in [0.05, 0.1) is 21.3 Å². The van der Waals surface area contributed by atoms with E-state index in [1.807, 2.05) is 48.6 Å². The summed E-state index contributed by atoms with van der Waals surface area (Å²) in [6.07, 6.45) is 13.2. The van der Waals surface area contributed by atoms with Crippen LogP contribution in [0.3, 0.4) is 0 Å². The fourth-order valence-corrected chi connectivity index (χ4v) is 3.28. The van der Waals surface area contributed by atoms with Crippen molar-refractivity contribution >= 4 is 24.1 Å². The molecule has 0 aromatic heterocycles. The third kappa shape index (κ3) is 8.14. The molecule has 0 saturated heterocycles. The van der Waals surface area contributed by atoms with Gasteiger partial charge in [-0.1, -0.05) is 56.9 Å². The minimum absolute atomic E-state index is 0.108. The summed E-state index contributed by atoms with van der Waals surface area (Å²) in [5, 5.41) is 2.96. The number of benzene rings is 2. The lowest BCUT2D eigenvalue weighted by Crippen LogP contribution is -2.21. The first-order valence-corrected chi connectivity index (χ1v) is 11.1. The van der Waals surface area contributed by atoms with Crippen LogP contribution in [0.15, 0.2) is 42.5 Å². The van der Waals surface area contributed by atoms with Crippen LogP contribution < -0.4 is 19.5 Å². The van der Waals surface area contributed by atoms with Crippen molar-refractivity contribution in [2.45, 2.75) is 39.0 Å². The highest BCUT2D eigenvalue weighted by Gasteiger charge is 2.09. The molecule has 5 nitrogen and oxygen atoms in total. The molecule has 0 aliphatic rings. The second-order valence-electron chi connectivity index (χ2n) is 7.48. The highest BCUT2D eigenvalue weighted by atomic mass is 16.5. The van der Waals surface area contributed by atoms with Gasteiger partial charge >= 0.3 is 0 Å². The molecule has 0 radical (unpaired) electrons. The quantitative estimate of drug-likeness (QED) is 0.238. The Hall–Kier alpha value is -3.21. The van der Waals surface area contributed by atoms with Crippen molar-refractivity contribution in [3.8, 4) is 17.2 Å². The normalized spacial score (nSPS) is 11.1. The minimum Gasteiger partial charge on any atom is -0.497 e. The molecule has 1 amide bonds. The van der Waals surface area contributed by atoms with Crippen molar-refractivity contribution in [3.05, 3.63) is 59.2 Å². The number of amides is 1. The largest absolute Gasteiger partial charge is 0.497 e. The molecule has 0 aliphatic heterocycles. The van der Waals surface area contributed by atoms with E-state index in [0.29, 0.717) is 18.0 Å². The van der Waals surface area contributed by atoms with Crippen LogP contribution in [0, 0.1) is 0 Å². The zero-order valence-electron chi connectivity index (χ0n) is 19.6. The Balaban J connectivity index is 2.16. The van der Waals surface area contributed by atoms with Gasteiger partial charge in [0, 0.05) is 24.3 Å². The molecule has 0 fully saturated rings. The van der Waals surface area contributed by atoms with Crippen LogP contribution in [0.1, 0.15) is 55.7 Å². The van der Waals surface area contributed by atoms with E-state index in [0.717, 1.165) is 35.3 Å². The number of rotatable bonds is 13. The summed E-state index contributed by atoms with van der Waals surface area (Å²) in [6.45, 7) is 2.89. The summed E-state index contributed by atoms with van der Waals surface area (Å²) < 4.78 is 16.2. The predicted octanol–water partition coefficient (Wildman–Crippen LogP) is 5.98. The van der Waals surface area contributed by atoms with E-state index in [4.69, 9.17) is 14.2 Å². The lowest BCUT2D eigenvalue weighted by atomic mass is 10.0. The number of unbranched alkanes of at least 4 members (excludes halogenated alkanes) is 4. The first kappa shape index (κ1) is 25.1. The maximum Gasteiger partial charge on any atom is 0.244 e. The fraction of sp³-hybridized carbons (Fsp3) is 0.370. The molecule has 1 N–H and O–H groups in total. The van der Waals surface area contributed by atoms with Crippen molar-refractivity contribution in [3.63, 3.8) is 0 Å². The van der Waals surface area contributed by atoms with Gasteiger partial charge in [0.2, 0.25) is 5.91 Å². The molecular formula is C27H35NO4. The number of ether oxygens (including phenoxy) is 3. The van der Waals surface area contributed by atoms with Crippen LogP contribution in [-0.2, 0) is 4.79 Å². The number of hydrogen-bond acceptors (Lipinski definition) is 4. The number of carbonyl (C=O) groups is 1. The maximum absolute atomic E-state index is 12.3. The number of hydrogen-bond donors (Lipinski definition) is 1. The van der Waals surface area contributed by atoms with Crippen molar-refractivity contribution in [1.82, 2.24) is 5.32 Å². The molecule has 0 unspecified atom stereocenters. The molecule has 0 heterocycles. The topological polar surface area (TPSA) is 56.8 Å². The standard InChI is InChI=1S/C27H35NO4/c1-5-6-7-8-9-18-28-27(29)17-16-25-22(19-24(31-3)20-26(25)32-4)13-10-21-11-14-23(30-2)15-12-21/h10-17,19-20H,5-9,18H2,1-4H3,(H,28,29)/b13-10+,17-16+. The van der Waals surface area contributed by atoms with Crippen LogP contribution in [0.2, 0.25) is 0 Å². The van der Waals surface area contributed by atoms with E-state index in [1.165, 1.54) is 19.3 Å². The lowest BCUT2D eigenvalue weighted by Gasteiger charge is -2.12. The van der Waals surface area contributed by atoms with Gasteiger partial charge in [-0.05, 0) is 41.8 Å². The number of nitrogens with one attached hydrogen (secondary N) is 1. The first-order chi connectivity index (χ1) is 15.6. The summed E-state index contributed by atoms with van der Waals surface area (Å²) >= 11 is 0. The fourth-order valence-electron chi connectivity index (χ4n) is 3.28. The number of methoxy groups -OCH3 is 3. The van der Waals surface area contributed by atoms with E-state index >= 15 is 0 Å². The van der Waals surface area contributed by atoms with Crippen molar-refractivity contribution < 1.29 is 19.0 Å². The highest BCUT2D eigenvalue weighted by molar-refractivity contribution is 5.93. The number of carbonyl (C=O) groups excluding carboxylic acids is 1. The van der Waals surface area contributed by atoms with Gasteiger partial charge in [-0.25, -0.2) is 0 Å². The van der Waals surface area contributed by atoms with E-state index in [1.54, 1.807) is 33.5 Å². The molecule has 0 saturated carbocycles. The predicted molar refractivity (Wildman–Crippen MR) is 132 cm³/mol. The molecule has 0 atom stereocenters. The summed E-state index contributed by atoms with van der Waals surface area (Å²) in [7, 11) is 4.88. The van der Waals surface area contributed by atoms with Crippen LogP contribution in [0.4, 0.5) is 0 Å². The van der Waals surface area contributed by atoms with Crippen LogP contribution in [0.25, 0.3) is 18.2 Å². The highest BCUT2D eigenvalue weighted by Crippen LogP contribution is 2.31. The zero-order chi connectivity index (χ0) is 23.2. The summed E-state index contributed by atoms with van der Waals surface area (Å²) in [5.41, 5.74) is 2.74. The Labute approximate surface area is 192 Å². The van der Waals surface area contributed by atoms with Gasteiger partial charge in [0.1, 0.15) is 17.2 Å². The van der Waals surface area contributed by atoms with Crippen molar-refractivity contribution in [2.24, 2.45) is 0 Å². The van der Waals surface area contributed by atoms with E-state index in [2.05, 4.69) is 12.2 Å². The van der Waals surface area contributed by atoms with Gasteiger partial charge in [-0.3, -0.25) is 4.79 Å². The van der Waals surface area contributed by atoms with E-state index in [9.17, 15) is 4.79 Å². The molecule has 0 bridgehead atoms. The second kappa shape index (κ2) is 14.0. The van der Waals surface area contributed by atoms with E-state index < -0.39 is 0 Å². The summed E-state index contributed by atoms with van der Waals surface area (Å²) in [6, 6.07) is 11.5. The van der Waals surface area contributed by atoms with Crippen molar-refractivity contribution in [2.75, 3.05) is 27.9 Å². The Morgan fingerprint density at radius 2 is 1.56 bits per heavy atom. The maximum atomic E-state index is 12.3. The molecular weight excluding hydrogens is 402 g/mol. The molecule has 0 aliphatic carbocycles. The summed E-state index contributed by atoms with van der Waals surface area (Å²) in [4.78, 5) is 12.3. The van der Waals surface area contributed by atoms with Gasteiger partial charge in [-0.15, -0.1) is 0 Å². The lowest BCUT2D eigenvalue weighted by molar-refractivity contribution is -0.116. The van der Waals surface area contributed by atoms with Crippen LogP contribution in [0.5, 0.6) is 17.2 Å². The molecule has 2 aromatic rings. The third-order valence-corrected chi connectivity index (χ3v) is 5.16. The molecule has 2 aromatic carbocycles. The average molecular weight is 438 g/mol. The minimum atomic E-state index is -0.108. The Morgan fingerprint density at radius 1 is 0.844 bits per heavy atom. The van der Waals surface area contributed by atoms with Gasteiger partial charge < -0.3 is 19.5 Å². The van der Waals surface area contributed by atoms with Crippen LogP contribution in [-0.4, -0.2) is 33.8 Å². The Bertz CT molecular complexity index is 901. The van der Waals surface area contributed by atoms with Gasteiger partial charge in [0.25, 0.3) is 0 Å². The van der Waals surface area contributed by atoms with E-state index in [-0.39, 0.29) is 5.91 Å². The Morgan fingerprint density at radius 3 is 2.22 bits per heavy atom. The summed E-state index contributed by atoms with van der Waals surface area (Å²) in [5.74, 6) is 2.03. The molecule has 2 rings (SSSR count).